The Morgan fingerprint density at radius 2 is 2.00 bits per heavy atom. The zero-order valence-corrected chi connectivity index (χ0v) is 11.1. The maximum atomic E-state index is 11.3. The maximum absolute atomic E-state index is 11.3. The Balaban J connectivity index is 2.28. The van der Waals surface area contributed by atoms with Crippen LogP contribution in [0, 0.1) is 0 Å². The van der Waals surface area contributed by atoms with Gasteiger partial charge in [-0.3, -0.25) is 9.00 Å². The summed E-state index contributed by atoms with van der Waals surface area (Å²) >= 11 is 3.40. The van der Waals surface area contributed by atoms with Crippen molar-refractivity contribution < 1.29 is 9.00 Å². The molecule has 0 radical (unpaired) electrons. The SMILES string of the molecule is O=Cc1ccc(Br)cc1N1CCS(=O)CC1. The first kappa shape index (κ1) is 11.8. The minimum absolute atomic E-state index is 0.685. The molecule has 0 spiro atoms. The number of nitrogens with zero attached hydrogens (tertiary/aromatic N) is 1. The molecule has 0 atom stereocenters. The predicted octanol–water partition coefficient (Wildman–Crippen LogP) is 1.83. The van der Waals surface area contributed by atoms with Crippen molar-refractivity contribution in [3.05, 3.63) is 28.2 Å². The lowest BCUT2D eigenvalue weighted by atomic mass is 10.1. The van der Waals surface area contributed by atoms with Gasteiger partial charge in [0.15, 0.2) is 6.29 Å². The normalized spacial score (nSPS) is 17.4. The number of hydrogen-bond donors (Lipinski definition) is 0. The number of aldehydes is 1. The number of benzene rings is 1. The van der Waals surface area contributed by atoms with Crippen LogP contribution in [0.3, 0.4) is 0 Å². The molecule has 0 N–H and O–H groups in total. The fraction of sp³-hybridized carbons (Fsp3) is 0.364. The monoisotopic (exact) mass is 301 g/mol. The molecular formula is C11H12BrNO2S. The summed E-state index contributed by atoms with van der Waals surface area (Å²) in [6.45, 7) is 1.51. The topological polar surface area (TPSA) is 37.4 Å². The summed E-state index contributed by atoms with van der Waals surface area (Å²) in [5.41, 5.74) is 1.62. The first-order valence-corrected chi connectivity index (χ1v) is 7.33. The fourth-order valence-corrected chi connectivity index (χ4v) is 3.17. The average Bonchev–Trinajstić information content (AvgIpc) is 2.30. The first-order valence-electron chi connectivity index (χ1n) is 5.05. The molecule has 1 aromatic rings. The molecule has 1 aliphatic heterocycles. The second-order valence-corrected chi connectivity index (χ2v) is 6.27. The number of carbonyl (C=O) groups excluding carboxylic acids is 1. The van der Waals surface area contributed by atoms with Gasteiger partial charge in [-0.05, 0) is 18.2 Å². The van der Waals surface area contributed by atoms with E-state index in [1.807, 2.05) is 12.1 Å². The third kappa shape index (κ3) is 2.52. The fourth-order valence-electron chi connectivity index (χ4n) is 1.77. The third-order valence-electron chi connectivity index (χ3n) is 2.64. The van der Waals surface area contributed by atoms with Crippen LogP contribution in [-0.4, -0.2) is 35.1 Å². The number of rotatable bonds is 2. The minimum Gasteiger partial charge on any atom is -0.369 e. The zero-order chi connectivity index (χ0) is 11.5. The van der Waals surface area contributed by atoms with Crippen LogP contribution in [0.5, 0.6) is 0 Å². The van der Waals surface area contributed by atoms with Crippen molar-refractivity contribution in [2.75, 3.05) is 29.5 Å². The summed E-state index contributed by atoms with van der Waals surface area (Å²) in [6.07, 6.45) is 0.868. The van der Waals surface area contributed by atoms with Crippen LogP contribution >= 0.6 is 15.9 Å². The highest BCUT2D eigenvalue weighted by Gasteiger charge is 2.17. The molecule has 0 unspecified atom stereocenters. The Morgan fingerprint density at radius 3 is 2.62 bits per heavy atom. The van der Waals surface area contributed by atoms with Crippen LogP contribution in [0.2, 0.25) is 0 Å². The molecule has 1 heterocycles. The zero-order valence-electron chi connectivity index (χ0n) is 8.69. The van der Waals surface area contributed by atoms with Crippen LogP contribution in [0.25, 0.3) is 0 Å². The molecule has 2 rings (SSSR count). The molecule has 1 aromatic carbocycles. The van der Waals surface area contributed by atoms with E-state index < -0.39 is 10.8 Å². The van der Waals surface area contributed by atoms with Gasteiger partial charge in [-0.25, -0.2) is 0 Å². The van der Waals surface area contributed by atoms with Crippen LogP contribution in [0.1, 0.15) is 10.4 Å². The highest BCUT2D eigenvalue weighted by Crippen LogP contribution is 2.25. The molecule has 1 fully saturated rings. The van der Waals surface area contributed by atoms with E-state index in [1.54, 1.807) is 6.07 Å². The van der Waals surface area contributed by atoms with Crippen LogP contribution in [0.15, 0.2) is 22.7 Å². The van der Waals surface area contributed by atoms with E-state index in [4.69, 9.17) is 0 Å². The molecule has 3 nitrogen and oxygen atoms in total. The van der Waals surface area contributed by atoms with E-state index in [2.05, 4.69) is 20.8 Å². The van der Waals surface area contributed by atoms with Crippen LogP contribution in [-0.2, 0) is 10.8 Å². The molecule has 0 amide bonds. The Bertz CT molecular complexity index is 426. The molecule has 86 valence electrons. The molecule has 0 bridgehead atoms. The largest absolute Gasteiger partial charge is 0.369 e. The molecule has 1 aliphatic rings. The summed E-state index contributed by atoms with van der Waals surface area (Å²) in [7, 11) is -0.690. The van der Waals surface area contributed by atoms with E-state index >= 15 is 0 Å². The number of carbonyl (C=O) groups is 1. The van der Waals surface area contributed by atoms with Crippen molar-refractivity contribution in [2.45, 2.75) is 0 Å². The van der Waals surface area contributed by atoms with Crippen molar-refractivity contribution in [1.29, 1.82) is 0 Å². The van der Waals surface area contributed by atoms with E-state index in [0.717, 1.165) is 29.5 Å². The highest BCUT2D eigenvalue weighted by atomic mass is 79.9. The smallest absolute Gasteiger partial charge is 0.152 e. The van der Waals surface area contributed by atoms with Gasteiger partial charge in [0.25, 0.3) is 0 Å². The van der Waals surface area contributed by atoms with Gasteiger partial charge >= 0.3 is 0 Å². The molecule has 0 aliphatic carbocycles. The molecule has 16 heavy (non-hydrogen) atoms. The van der Waals surface area contributed by atoms with Crippen molar-refractivity contribution in [1.82, 2.24) is 0 Å². The quantitative estimate of drug-likeness (QED) is 0.782. The number of hydrogen-bond acceptors (Lipinski definition) is 3. The third-order valence-corrected chi connectivity index (χ3v) is 4.41. The highest BCUT2D eigenvalue weighted by molar-refractivity contribution is 9.10. The van der Waals surface area contributed by atoms with Gasteiger partial charge in [-0.1, -0.05) is 15.9 Å². The van der Waals surface area contributed by atoms with Crippen molar-refractivity contribution in [3.63, 3.8) is 0 Å². The first-order chi connectivity index (χ1) is 7.70. The van der Waals surface area contributed by atoms with Gasteiger partial charge in [0.2, 0.25) is 0 Å². The van der Waals surface area contributed by atoms with Gasteiger partial charge in [0, 0.05) is 51.1 Å². The van der Waals surface area contributed by atoms with E-state index in [0.29, 0.717) is 17.1 Å². The molecular weight excluding hydrogens is 290 g/mol. The van der Waals surface area contributed by atoms with Gasteiger partial charge < -0.3 is 4.90 Å². The Morgan fingerprint density at radius 1 is 1.31 bits per heavy atom. The number of anilines is 1. The Hall–Kier alpha value is -0.680. The standard InChI is InChI=1S/C11H12BrNO2S/c12-10-2-1-9(8-14)11(7-10)13-3-5-16(15)6-4-13/h1-2,7-8H,3-6H2. The predicted molar refractivity (Wildman–Crippen MR) is 69.6 cm³/mol. The number of halogens is 1. The molecule has 0 aromatic heterocycles. The Kier molecular flexibility index (Phi) is 3.76. The maximum Gasteiger partial charge on any atom is 0.152 e. The average molecular weight is 302 g/mol. The second-order valence-electron chi connectivity index (χ2n) is 3.66. The van der Waals surface area contributed by atoms with Crippen molar-refractivity contribution >= 4 is 38.7 Å². The summed E-state index contributed by atoms with van der Waals surface area (Å²) < 4.78 is 12.2. The summed E-state index contributed by atoms with van der Waals surface area (Å²) in [5, 5.41) is 0. The summed E-state index contributed by atoms with van der Waals surface area (Å²) in [6, 6.07) is 5.60. The molecule has 0 saturated carbocycles. The Labute approximate surface area is 105 Å². The van der Waals surface area contributed by atoms with Gasteiger partial charge in [-0.15, -0.1) is 0 Å². The van der Waals surface area contributed by atoms with Gasteiger partial charge in [0.1, 0.15) is 0 Å². The lowest BCUT2D eigenvalue weighted by molar-refractivity contribution is 0.112. The van der Waals surface area contributed by atoms with E-state index in [1.165, 1.54) is 0 Å². The second kappa shape index (κ2) is 5.10. The van der Waals surface area contributed by atoms with Crippen molar-refractivity contribution in [2.24, 2.45) is 0 Å². The minimum atomic E-state index is -0.690. The van der Waals surface area contributed by atoms with E-state index in [9.17, 15) is 9.00 Å². The summed E-state index contributed by atoms with van der Waals surface area (Å²) in [5.74, 6) is 1.37. The summed E-state index contributed by atoms with van der Waals surface area (Å²) in [4.78, 5) is 13.1. The van der Waals surface area contributed by atoms with Gasteiger partial charge in [-0.2, -0.15) is 0 Å². The lowest BCUT2D eigenvalue weighted by Gasteiger charge is -2.29. The van der Waals surface area contributed by atoms with Crippen molar-refractivity contribution in [3.8, 4) is 0 Å². The lowest BCUT2D eigenvalue weighted by Crippen LogP contribution is -2.38. The van der Waals surface area contributed by atoms with Crippen LogP contribution < -0.4 is 4.90 Å². The van der Waals surface area contributed by atoms with Gasteiger partial charge in [0.05, 0.1) is 0 Å². The molecule has 5 heteroatoms. The molecule has 1 saturated heterocycles. The van der Waals surface area contributed by atoms with E-state index in [-0.39, 0.29) is 0 Å². The van der Waals surface area contributed by atoms with Crippen LogP contribution in [0.4, 0.5) is 5.69 Å².